The zero-order chi connectivity index (χ0) is 17.1. The fraction of sp³-hybridized carbons (Fsp3) is 0.190. The van der Waals surface area contributed by atoms with Gasteiger partial charge in [-0.1, -0.05) is 48.5 Å². The Morgan fingerprint density at radius 1 is 1.00 bits per heavy atom. The van der Waals surface area contributed by atoms with Crippen LogP contribution in [0.15, 0.2) is 72.1 Å². The van der Waals surface area contributed by atoms with Crippen LogP contribution >= 0.6 is 11.3 Å². The van der Waals surface area contributed by atoms with Gasteiger partial charge in [-0.3, -0.25) is 4.79 Å². The molecule has 1 saturated heterocycles. The maximum atomic E-state index is 13.0. The summed E-state index contributed by atoms with van der Waals surface area (Å²) in [6.07, 6.45) is 0.979. The number of hydrogen-bond acceptors (Lipinski definition) is 3. The average molecular weight is 348 g/mol. The Balaban J connectivity index is 1.47. The standard InChI is InChI=1S/C21H20N2OS/c24-21(20-19(12-14-25-20)16-7-3-1-4-8-16)23-13-11-18(15-23)22-17-9-5-2-6-10-17/h1-10,12,14,18,22H,11,13,15H2. The highest BCUT2D eigenvalue weighted by molar-refractivity contribution is 7.12. The van der Waals surface area contributed by atoms with Crippen LogP contribution in [-0.4, -0.2) is 29.9 Å². The number of carbonyl (C=O) groups is 1. The summed E-state index contributed by atoms with van der Waals surface area (Å²) < 4.78 is 0. The lowest BCUT2D eigenvalue weighted by Gasteiger charge is -2.18. The molecule has 4 rings (SSSR count). The quantitative estimate of drug-likeness (QED) is 0.738. The van der Waals surface area contributed by atoms with E-state index < -0.39 is 0 Å². The number of thiophene rings is 1. The fourth-order valence-corrected chi connectivity index (χ4v) is 4.18. The van der Waals surface area contributed by atoms with Gasteiger partial charge in [0.15, 0.2) is 0 Å². The summed E-state index contributed by atoms with van der Waals surface area (Å²) in [6, 6.07) is 22.7. The van der Waals surface area contributed by atoms with Crippen molar-refractivity contribution in [1.29, 1.82) is 0 Å². The Labute approximate surface area is 151 Å². The first kappa shape index (κ1) is 15.9. The summed E-state index contributed by atoms with van der Waals surface area (Å²) in [5.41, 5.74) is 3.25. The van der Waals surface area contributed by atoms with Gasteiger partial charge in [-0.2, -0.15) is 0 Å². The van der Waals surface area contributed by atoms with Crippen LogP contribution in [0.5, 0.6) is 0 Å². The van der Waals surface area contributed by atoms with Crippen molar-refractivity contribution in [1.82, 2.24) is 4.90 Å². The van der Waals surface area contributed by atoms with E-state index in [4.69, 9.17) is 0 Å². The van der Waals surface area contributed by atoms with Crippen molar-refractivity contribution in [2.45, 2.75) is 12.5 Å². The minimum atomic E-state index is 0.145. The van der Waals surface area contributed by atoms with Crippen LogP contribution in [0, 0.1) is 0 Å². The number of carbonyl (C=O) groups excluding carboxylic acids is 1. The van der Waals surface area contributed by atoms with Gasteiger partial charge in [0.05, 0.1) is 4.88 Å². The third kappa shape index (κ3) is 3.44. The summed E-state index contributed by atoms with van der Waals surface area (Å²) in [4.78, 5) is 15.8. The second-order valence-corrected chi connectivity index (χ2v) is 7.19. The van der Waals surface area contributed by atoms with E-state index in [1.807, 2.05) is 52.7 Å². The maximum absolute atomic E-state index is 13.0. The molecular formula is C21H20N2OS. The van der Waals surface area contributed by atoms with Gasteiger partial charge in [0.25, 0.3) is 5.91 Å². The molecule has 0 aliphatic carbocycles. The molecule has 1 N–H and O–H groups in total. The van der Waals surface area contributed by atoms with Crippen LogP contribution in [-0.2, 0) is 0 Å². The van der Waals surface area contributed by atoms with Crippen molar-refractivity contribution < 1.29 is 4.79 Å². The largest absolute Gasteiger partial charge is 0.380 e. The molecule has 0 radical (unpaired) electrons. The Morgan fingerprint density at radius 3 is 2.48 bits per heavy atom. The molecule has 1 unspecified atom stereocenters. The van der Waals surface area contributed by atoms with Crippen LogP contribution in [0.3, 0.4) is 0 Å². The van der Waals surface area contributed by atoms with Crippen molar-refractivity contribution in [3.63, 3.8) is 0 Å². The predicted molar refractivity (Wildman–Crippen MR) is 104 cm³/mol. The van der Waals surface area contributed by atoms with Crippen molar-refractivity contribution in [2.24, 2.45) is 0 Å². The summed E-state index contributed by atoms with van der Waals surface area (Å²) >= 11 is 1.53. The number of amides is 1. The molecule has 126 valence electrons. The number of benzene rings is 2. The maximum Gasteiger partial charge on any atom is 0.264 e. The molecule has 0 saturated carbocycles. The Morgan fingerprint density at radius 2 is 1.72 bits per heavy atom. The Bertz CT molecular complexity index is 845. The molecule has 2 aromatic carbocycles. The second kappa shape index (κ2) is 7.11. The predicted octanol–water partition coefficient (Wildman–Crippen LogP) is 4.74. The van der Waals surface area contributed by atoms with Crippen LogP contribution < -0.4 is 5.32 Å². The first-order valence-electron chi connectivity index (χ1n) is 8.55. The smallest absolute Gasteiger partial charge is 0.264 e. The van der Waals surface area contributed by atoms with E-state index in [9.17, 15) is 4.79 Å². The number of hydrogen-bond donors (Lipinski definition) is 1. The van der Waals surface area contributed by atoms with Gasteiger partial charge in [0.2, 0.25) is 0 Å². The lowest BCUT2D eigenvalue weighted by molar-refractivity contribution is 0.0797. The van der Waals surface area contributed by atoms with Crippen LogP contribution in [0.25, 0.3) is 11.1 Å². The van der Waals surface area contributed by atoms with E-state index in [1.54, 1.807) is 0 Å². The molecule has 3 nitrogen and oxygen atoms in total. The normalized spacial score (nSPS) is 16.8. The van der Waals surface area contributed by atoms with Crippen LogP contribution in [0.4, 0.5) is 5.69 Å². The summed E-state index contributed by atoms with van der Waals surface area (Å²) in [5, 5.41) is 5.53. The molecule has 25 heavy (non-hydrogen) atoms. The van der Waals surface area contributed by atoms with E-state index in [-0.39, 0.29) is 5.91 Å². The summed E-state index contributed by atoms with van der Waals surface area (Å²) in [7, 11) is 0. The minimum absolute atomic E-state index is 0.145. The number of rotatable bonds is 4. The zero-order valence-electron chi connectivity index (χ0n) is 13.9. The number of anilines is 1. The number of nitrogens with one attached hydrogen (secondary N) is 1. The number of likely N-dealkylation sites (tertiary alicyclic amines) is 1. The molecule has 4 heteroatoms. The third-order valence-corrected chi connectivity index (χ3v) is 5.47. The highest BCUT2D eigenvalue weighted by atomic mass is 32.1. The lowest BCUT2D eigenvalue weighted by atomic mass is 10.1. The molecule has 1 aliphatic heterocycles. The van der Waals surface area contributed by atoms with E-state index >= 15 is 0 Å². The topological polar surface area (TPSA) is 32.3 Å². The van der Waals surface area contributed by atoms with Crippen molar-refractivity contribution in [3.05, 3.63) is 77.0 Å². The Hall–Kier alpha value is -2.59. The SMILES string of the molecule is O=C(c1sccc1-c1ccccc1)N1CCC(Nc2ccccc2)C1. The monoisotopic (exact) mass is 348 g/mol. The number of nitrogens with zero attached hydrogens (tertiary/aromatic N) is 1. The van der Waals surface area contributed by atoms with E-state index in [0.717, 1.165) is 41.2 Å². The zero-order valence-corrected chi connectivity index (χ0v) is 14.7. The molecule has 1 fully saturated rings. The minimum Gasteiger partial charge on any atom is -0.380 e. The van der Waals surface area contributed by atoms with Crippen molar-refractivity contribution >= 4 is 22.9 Å². The van der Waals surface area contributed by atoms with Crippen molar-refractivity contribution in [2.75, 3.05) is 18.4 Å². The molecule has 1 aliphatic rings. The highest BCUT2D eigenvalue weighted by Crippen LogP contribution is 2.30. The lowest BCUT2D eigenvalue weighted by Crippen LogP contribution is -2.31. The number of para-hydroxylation sites is 1. The molecule has 0 bridgehead atoms. The van der Waals surface area contributed by atoms with Gasteiger partial charge >= 0.3 is 0 Å². The molecule has 1 aromatic heterocycles. The molecule has 1 atom stereocenters. The first-order chi connectivity index (χ1) is 12.3. The molecule has 1 amide bonds. The fourth-order valence-electron chi connectivity index (χ4n) is 3.30. The molecular weight excluding hydrogens is 328 g/mol. The van der Waals surface area contributed by atoms with Gasteiger partial charge in [-0.05, 0) is 35.6 Å². The van der Waals surface area contributed by atoms with E-state index in [1.165, 1.54) is 11.3 Å². The summed E-state index contributed by atoms with van der Waals surface area (Å²) in [5.74, 6) is 0.145. The molecule has 2 heterocycles. The van der Waals surface area contributed by atoms with Gasteiger partial charge in [0, 0.05) is 30.4 Å². The van der Waals surface area contributed by atoms with Gasteiger partial charge < -0.3 is 10.2 Å². The van der Waals surface area contributed by atoms with Crippen molar-refractivity contribution in [3.8, 4) is 11.1 Å². The second-order valence-electron chi connectivity index (χ2n) is 6.28. The summed E-state index contributed by atoms with van der Waals surface area (Å²) in [6.45, 7) is 1.55. The van der Waals surface area contributed by atoms with E-state index in [0.29, 0.717) is 6.04 Å². The van der Waals surface area contributed by atoms with Gasteiger partial charge in [-0.15, -0.1) is 11.3 Å². The first-order valence-corrected chi connectivity index (χ1v) is 9.43. The molecule has 0 spiro atoms. The van der Waals surface area contributed by atoms with Crippen LogP contribution in [0.2, 0.25) is 0 Å². The van der Waals surface area contributed by atoms with E-state index in [2.05, 4.69) is 29.6 Å². The Kier molecular flexibility index (Phi) is 4.53. The average Bonchev–Trinajstić information content (AvgIpc) is 3.32. The molecule has 3 aromatic rings. The van der Waals surface area contributed by atoms with Gasteiger partial charge in [-0.25, -0.2) is 0 Å². The van der Waals surface area contributed by atoms with Crippen LogP contribution in [0.1, 0.15) is 16.1 Å². The third-order valence-electron chi connectivity index (χ3n) is 4.56. The highest BCUT2D eigenvalue weighted by Gasteiger charge is 2.28. The van der Waals surface area contributed by atoms with Gasteiger partial charge in [0.1, 0.15) is 0 Å².